The molecule has 3 rings (SSSR count). The van der Waals surface area contributed by atoms with Crippen molar-refractivity contribution >= 4 is 11.9 Å². The minimum atomic E-state index is -0.373. The Hall–Kier alpha value is -2.88. The second-order valence-corrected chi connectivity index (χ2v) is 8.26. The van der Waals surface area contributed by atoms with E-state index >= 15 is 0 Å². The Labute approximate surface area is 179 Å². The van der Waals surface area contributed by atoms with Gasteiger partial charge in [0.25, 0.3) is 5.91 Å². The highest BCUT2D eigenvalue weighted by molar-refractivity contribution is 5.96. The zero-order valence-electron chi connectivity index (χ0n) is 18.5. The molecule has 0 unspecified atom stereocenters. The average molecular weight is 406 g/mol. The monoisotopic (exact) mass is 405 g/mol. The van der Waals surface area contributed by atoms with E-state index in [4.69, 9.17) is 4.74 Å². The Kier molecular flexibility index (Phi) is 6.76. The summed E-state index contributed by atoms with van der Waals surface area (Å²) >= 11 is 0. The van der Waals surface area contributed by atoms with Crippen LogP contribution >= 0.6 is 0 Å². The van der Waals surface area contributed by atoms with Crippen LogP contribution in [0.1, 0.15) is 57.4 Å². The molecule has 1 N–H and O–H groups in total. The first-order valence-corrected chi connectivity index (χ1v) is 10.6. The molecule has 1 aliphatic carbocycles. The number of amides is 1. The van der Waals surface area contributed by atoms with Crippen LogP contribution in [0.25, 0.3) is 0 Å². The minimum Gasteiger partial charge on any atom is -0.466 e. The predicted octanol–water partition coefficient (Wildman–Crippen LogP) is 4.94. The molecule has 1 amide bonds. The topological polar surface area (TPSA) is 55.4 Å². The van der Waals surface area contributed by atoms with Crippen molar-refractivity contribution in [3.63, 3.8) is 0 Å². The van der Waals surface area contributed by atoms with Crippen LogP contribution in [-0.4, -0.2) is 24.5 Å². The summed E-state index contributed by atoms with van der Waals surface area (Å²) in [6.07, 6.45) is 4.73. The third-order valence-electron chi connectivity index (χ3n) is 5.85. The van der Waals surface area contributed by atoms with Crippen LogP contribution in [0.5, 0.6) is 0 Å². The van der Waals surface area contributed by atoms with Crippen molar-refractivity contribution in [2.45, 2.75) is 53.0 Å². The number of allylic oxidation sites excluding steroid dienone is 1. The summed E-state index contributed by atoms with van der Waals surface area (Å²) in [5.41, 5.74) is 6.01. The van der Waals surface area contributed by atoms with E-state index in [-0.39, 0.29) is 29.8 Å². The van der Waals surface area contributed by atoms with Crippen LogP contribution in [0.3, 0.4) is 0 Å². The number of ether oxygens (including phenoxy) is 1. The number of benzene rings is 2. The van der Waals surface area contributed by atoms with Crippen molar-refractivity contribution in [2.24, 2.45) is 5.92 Å². The molecule has 0 fully saturated rings. The standard InChI is InChI=1S/C26H31NO3/c1-6-30-26(29)24(21-13-16(2)12-17(3)14-21)20-10-11-22(15-20)27-25(28)23-9-7-8-18(4)19(23)5/h7-14,20,22,24H,6,15H2,1-5H3,(H,27,28)/t20-,22-,24+/m1/s1. The van der Waals surface area contributed by atoms with Gasteiger partial charge in [-0.1, -0.05) is 53.6 Å². The summed E-state index contributed by atoms with van der Waals surface area (Å²) in [6.45, 7) is 10.2. The van der Waals surface area contributed by atoms with Gasteiger partial charge in [0, 0.05) is 11.6 Å². The van der Waals surface area contributed by atoms with Gasteiger partial charge in [-0.3, -0.25) is 9.59 Å². The second-order valence-electron chi connectivity index (χ2n) is 8.26. The first-order chi connectivity index (χ1) is 14.3. The number of rotatable bonds is 6. The van der Waals surface area contributed by atoms with Gasteiger partial charge in [-0.05, 0) is 69.7 Å². The Morgan fingerprint density at radius 2 is 1.77 bits per heavy atom. The molecule has 4 nitrogen and oxygen atoms in total. The molecule has 0 saturated heterocycles. The molecule has 4 heteroatoms. The maximum atomic E-state index is 12.8. The third-order valence-corrected chi connectivity index (χ3v) is 5.85. The highest BCUT2D eigenvalue weighted by atomic mass is 16.5. The number of nitrogens with one attached hydrogen (secondary N) is 1. The van der Waals surface area contributed by atoms with Crippen LogP contribution in [0.15, 0.2) is 48.6 Å². The first kappa shape index (κ1) is 21.8. The summed E-state index contributed by atoms with van der Waals surface area (Å²) < 4.78 is 5.40. The van der Waals surface area contributed by atoms with E-state index in [1.165, 1.54) is 0 Å². The van der Waals surface area contributed by atoms with E-state index in [1.54, 1.807) is 0 Å². The third kappa shape index (κ3) is 4.81. The highest BCUT2D eigenvalue weighted by Gasteiger charge is 2.34. The Bertz CT molecular complexity index is 956. The predicted molar refractivity (Wildman–Crippen MR) is 120 cm³/mol. The average Bonchev–Trinajstić information content (AvgIpc) is 3.11. The zero-order chi connectivity index (χ0) is 21.8. The van der Waals surface area contributed by atoms with E-state index in [2.05, 4.69) is 23.5 Å². The number of carbonyl (C=O) groups is 2. The Morgan fingerprint density at radius 1 is 1.07 bits per heavy atom. The van der Waals surface area contributed by atoms with Crippen LogP contribution in [0.2, 0.25) is 0 Å². The summed E-state index contributed by atoms with van der Waals surface area (Å²) in [5, 5.41) is 3.12. The molecule has 2 aromatic rings. The minimum absolute atomic E-state index is 0.0193. The second kappa shape index (κ2) is 9.29. The lowest BCUT2D eigenvalue weighted by Crippen LogP contribution is -2.34. The van der Waals surface area contributed by atoms with Crippen molar-refractivity contribution < 1.29 is 14.3 Å². The molecule has 0 spiro atoms. The number of aryl methyl sites for hydroxylation is 3. The van der Waals surface area contributed by atoms with Crippen molar-refractivity contribution in [3.8, 4) is 0 Å². The van der Waals surface area contributed by atoms with Gasteiger partial charge in [-0.25, -0.2) is 0 Å². The summed E-state index contributed by atoms with van der Waals surface area (Å²) in [4.78, 5) is 25.7. The van der Waals surface area contributed by atoms with Crippen molar-refractivity contribution in [1.82, 2.24) is 5.32 Å². The molecule has 0 radical (unpaired) electrons. The van der Waals surface area contributed by atoms with Crippen LogP contribution in [-0.2, 0) is 9.53 Å². The van der Waals surface area contributed by atoms with Gasteiger partial charge in [-0.15, -0.1) is 0 Å². The molecule has 30 heavy (non-hydrogen) atoms. The van der Waals surface area contributed by atoms with E-state index in [0.717, 1.165) is 27.8 Å². The molecule has 0 saturated carbocycles. The summed E-state index contributed by atoms with van der Waals surface area (Å²) in [6, 6.07) is 11.9. The van der Waals surface area contributed by atoms with Gasteiger partial charge in [0.1, 0.15) is 0 Å². The van der Waals surface area contributed by atoms with Gasteiger partial charge in [0.15, 0.2) is 0 Å². The van der Waals surface area contributed by atoms with Gasteiger partial charge in [-0.2, -0.15) is 0 Å². The molecule has 3 atom stereocenters. The molecule has 0 aliphatic heterocycles. The largest absolute Gasteiger partial charge is 0.466 e. The fraction of sp³-hybridized carbons (Fsp3) is 0.385. The van der Waals surface area contributed by atoms with E-state index in [1.807, 2.05) is 65.0 Å². The molecular formula is C26H31NO3. The molecule has 0 aromatic heterocycles. The maximum absolute atomic E-state index is 12.8. The molecular weight excluding hydrogens is 374 g/mol. The number of hydrogen-bond acceptors (Lipinski definition) is 3. The van der Waals surface area contributed by atoms with Gasteiger partial charge >= 0.3 is 5.97 Å². The highest BCUT2D eigenvalue weighted by Crippen LogP contribution is 2.35. The molecule has 0 bridgehead atoms. The summed E-state index contributed by atoms with van der Waals surface area (Å²) in [7, 11) is 0. The molecule has 1 aliphatic rings. The first-order valence-electron chi connectivity index (χ1n) is 10.6. The SMILES string of the molecule is CCOC(=O)[C@H](c1cc(C)cc(C)c1)[C@@H]1C=C[C@@H](NC(=O)c2cccc(C)c2C)C1. The Morgan fingerprint density at radius 3 is 2.43 bits per heavy atom. The molecule has 0 heterocycles. The van der Waals surface area contributed by atoms with Crippen LogP contribution in [0.4, 0.5) is 0 Å². The smallest absolute Gasteiger partial charge is 0.314 e. The molecule has 2 aromatic carbocycles. The normalized spacial score (nSPS) is 18.8. The quantitative estimate of drug-likeness (QED) is 0.547. The van der Waals surface area contributed by atoms with E-state index in [9.17, 15) is 9.59 Å². The number of hydrogen-bond donors (Lipinski definition) is 1. The fourth-order valence-corrected chi connectivity index (χ4v) is 4.30. The van der Waals surface area contributed by atoms with Crippen molar-refractivity contribution in [1.29, 1.82) is 0 Å². The lowest BCUT2D eigenvalue weighted by Gasteiger charge is -2.23. The fourth-order valence-electron chi connectivity index (χ4n) is 4.30. The molecule has 158 valence electrons. The summed E-state index contributed by atoms with van der Waals surface area (Å²) in [5.74, 6) is -0.680. The van der Waals surface area contributed by atoms with Gasteiger partial charge in [0.2, 0.25) is 0 Å². The number of esters is 1. The van der Waals surface area contributed by atoms with E-state index < -0.39 is 0 Å². The number of carbonyl (C=O) groups excluding carboxylic acids is 2. The van der Waals surface area contributed by atoms with Crippen molar-refractivity contribution in [2.75, 3.05) is 6.61 Å². The van der Waals surface area contributed by atoms with E-state index in [0.29, 0.717) is 18.6 Å². The van der Waals surface area contributed by atoms with Crippen LogP contribution < -0.4 is 5.32 Å². The van der Waals surface area contributed by atoms with Crippen LogP contribution in [0, 0.1) is 33.6 Å². The van der Waals surface area contributed by atoms with Crippen molar-refractivity contribution in [3.05, 3.63) is 81.9 Å². The Balaban J connectivity index is 1.78. The lowest BCUT2D eigenvalue weighted by atomic mass is 9.84. The van der Waals surface area contributed by atoms with Gasteiger partial charge < -0.3 is 10.1 Å². The zero-order valence-corrected chi connectivity index (χ0v) is 18.5. The van der Waals surface area contributed by atoms with Gasteiger partial charge in [0.05, 0.1) is 12.5 Å². The maximum Gasteiger partial charge on any atom is 0.314 e. The lowest BCUT2D eigenvalue weighted by molar-refractivity contribution is -0.146.